The van der Waals surface area contributed by atoms with Gasteiger partial charge in [0, 0.05) is 25.2 Å². The van der Waals surface area contributed by atoms with Crippen LogP contribution < -0.4 is 11.1 Å². The molecular weight excluding hydrogens is 242 g/mol. The van der Waals surface area contributed by atoms with Gasteiger partial charge in [-0.1, -0.05) is 0 Å². The van der Waals surface area contributed by atoms with Crippen molar-refractivity contribution < 1.29 is 4.74 Å². The minimum absolute atomic E-state index is 0.228. The van der Waals surface area contributed by atoms with Gasteiger partial charge >= 0.3 is 0 Å². The van der Waals surface area contributed by atoms with Crippen LogP contribution in [0.4, 0.5) is 11.6 Å². The number of nitrogens with one attached hydrogen (secondary N) is 1. The van der Waals surface area contributed by atoms with Gasteiger partial charge in [0.1, 0.15) is 17.5 Å². The molecule has 0 amide bonds. The molecular formula is C13H21N5O. The lowest BCUT2D eigenvalue weighted by Crippen LogP contribution is -2.48. The predicted molar refractivity (Wildman–Crippen MR) is 74.0 cm³/mol. The van der Waals surface area contributed by atoms with Crippen LogP contribution in [0.2, 0.25) is 0 Å². The van der Waals surface area contributed by atoms with E-state index in [1.807, 2.05) is 6.92 Å². The molecule has 6 nitrogen and oxygen atoms in total. The molecule has 3 N–H and O–H groups in total. The first kappa shape index (κ1) is 12.6. The van der Waals surface area contributed by atoms with Gasteiger partial charge in [-0.15, -0.1) is 0 Å². The summed E-state index contributed by atoms with van der Waals surface area (Å²) in [7, 11) is 0. The van der Waals surface area contributed by atoms with E-state index in [0.717, 1.165) is 25.5 Å². The van der Waals surface area contributed by atoms with E-state index in [1.54, 1.807) is 6.07 Å². The third-order valence-electron chi connectivity index (χ3n) is 3.83. The molecule has 2 saturated heterocycles. The fraction of sp³-hybridized carbons (Fsp3) is 0.692. The average molecular weight is 263 g/mol. The molecule has 1 aromatic rings. The van der Waals surface area contributed by atoms with Crippen LogP contribution in [-0.2, 0) is 4.74 Å². The van der Waals surface area contributed by atoms with Crippen molar-refractivity contribution in [2.45, 2.75) is 31.9 Å². The molecule has 2 fully saturated rings. The Morgan fingerprint density at radius 2 is 2.42 bits per heavy atom. The highest BCUT2D eigenvalue weighted by Gasteiger charge is 2.31. The molecule has 2 aliphatic rings. The van der Waals surface area contributed by atoms with Crippen molar-refractivity contribution in [3.05, 3.63) is 11.9 Å². The van der Waals surface area contributed by atoms with E-state index in [0.29, 0.717) is 17.7 Å². The monoisotopic (exact) mass is 263 g/mol. The zero-order valence-electron chi connectivity index (χ0n) is 11.3. The maximum absolute atomic E-state index is 5.90. The quantitative estimate of drug-likeness (QED) is 0.833. The van der Waals surface area contributed by atoms with Crippen LogP contribution >= 0.6 is 0 Å². The van der Waals surface area contributed by atoms with Crippen LogP contribution in [0.25, 0.3) is 0 Å². The second kappa shape index (κ2) is 5.30. The number of ether oxygens (including phenoxy) is 1. The van der Waals surface area contributed by atoms with Gasteiger partial charge in [0.25, 0.3) is 0 Å². The highest BCUT2D eigenvalue weighted by atomic mass is 16.5. The summed E-state index contributed by atoms with van der Waals surface area (Å²) >= 11 is 0. The van der Waals surface area contributed by atoms with Crippen LogP contribution in [0.1, 0.15) is 18.7 Å². The van der Waals surface area contributed by atoms with E-state index in [9.17, 15) is 0 Å². The minimum atomic E-state index is 0.228. The Morgan fingerprint density at radius 3 is 3.26 bits per heavy atom. The summed E-state index contributed by atoms with van der Waals surface area (Å²) in [5.41, 5.74) is 5.71. The number of nitrogens with two attached hydrogens (primary N) is 1. The maximum atomic E-state index is 5.90. The molecule has 2 atom stereocenters. The lowest BCUT2D eigenvalue weighted by molar-refractivity contribution is -0.0416. The van der Waals surface area contributed by atoms with Gasteiger partial charge < -0.3 is 15.8 Å². The first-order chi connectivity index (χ1) is 9.20. The molecule has 6 heteroatoms. The number of anilines is 2. The van der Waals surface area contributed by atoms with Crippen LogP contribution in [0.3, 0.4) is 0 Å². The Labute approximate surface area is 113 Å². The molecule has 2 unspecified atom stereocenters. The van der Waals surface area contributed by atoms with Crippen molar-refractivity contribution in [2.75, 3.05) is 37.3 Å². The topological polar surface area (TPSA) is 76.3 Å². The second-order valence-corrected chi connectivity index (χ2v) is 5.35. The molecule has 0 saturated carbocycles. The maximum Gasteiger partial charge on any atom is 0.131 e. The molecule has 3 heterocycles. The first-order valence-corrected chi connectivity index (χ1v) is 6.91. The molecule has 104 valence electrons. The van der Waals surface area contributed by atoms with Crippen molar-refractivity contribution in [2.24, 2.45) is 0 Å². The molecule has 19 heavy (non-hydrogen) atoms. The Kier molecular flexibility index (Phi) is 3.52. The molecule has 0 spiro atoms. The largest absolute Gasteiger partial charge is 0.384 e. The third-order valence-corrected chi connectivity index (χ3v) is 3.83. The Morgan fingerprint density at radius 1 is 1.53 bits per heavy atom. The smallest absolute Gasteiger partial charge is 0.131 e. The summed E-state index contributed by atoms with van der Waals surface area (Å²) in [4.78, 5) is 10.9. The number of aryl methyl sites for hydroxylation is 1. The summed E-state index contributed by atoms with van der Waals surface area (Å²) in [6, 6.07) is 2.40. The fourth-order valence-electron chi connectivity index (χ4n) is 2.91. The van der Waals surface area contributed by atoms with Crippen LogP contribution in [-0.4, -0.2) is 53.3 Å². The summed E-state index contributed by atoms with van der Waals surface area (Å²) in [5, 5.41) is 3.29. The van der Waals surface area contributed by atoms with Crippen LogP contribution in [0, 0.1) is 6.92 Å². The van der Waals surface area contributed by atoms with E-state index < -0.39 is 0 Å². The summed E-state index contributed by atoms with van der Waals surface area (Å²) in [6.07, 6.45) is 2.81. The van der Waals surface area contributed by atoms with Gasteiger partial charge in [0.2, 0.25) is 0 Å². The number of aromatic nitrogens is 2. The van der Waals surface area contributed by atoms with Gasteiger partial charge in [-0.25, -0.2) is 9.97 Å². The van der Waals surface area contributed by atoms with E-state index in [4.69, 9.17) is 10.5 Å². The lowest BCUT2D eigenvalue weighted by atomic mass is 10.2. The zero-order valence-corrected chi connectivity index (χ0v) is 11.3. The number of nitrogen functional groups attached to an aromatic ring is 1. The van der Waals surface area contributed by atoms with E-state index in [2.05, 4.69) is 20.2 Å². The summed E-state index contributed by atoms with van der Waals surface area (Å²) in [6.45, 7) is 5.69. The number of morpholine rings is 1. The normalized spacial score (nSPS) is 27.2. The van der Waals surface area contributed by atoms with Gasteiger partial charge in [-0.05, 0) is 26.3 Å². The second-order valence-electron chi connectivity index (χ2n) is 5.35. The highest BCUT2D eigenvalue weighted by molar-refractivity contribution is 5.44. The molecule has 0 radical (unpaired) electrons. The van der Waals surface area contributed by atoms with Crippen molar-refractivity contribution in [3.8, 4) is 0 Å². The van der Waals surface area contributed by atoms with Gasteiger partial charge in [-0.3, -0.25) is 4.90 Å². The van der Waals surface area contributed by atoms with E-state index in [-0.39, 0.29) is 6.10 Å². The molecule has 0 aromatic carbocycles. The number of hydrogen-bond acceptors (Lipinski definition) is 6. The Bertz CT molecular complexity index is 432. The van der Waals surface area contributed by atoms with E-state index >= 15 is 0 Å². The summed E-state index contributed by atoms with van der Waals surface area (Å²) < 4.78 is 5.90. The number of hydrogen-bond donors (Lipinski definition) is 2. The molecule has 1 aromatic heterocycles. The highest BCUT2D eigenvalue weighted by Crippen LogP contribution is 2.22. The third kappa shape index (κ3) is 2.96. The van der Waals surface area contributed by atoms with Crippen molar-refractivity contribution in [1.29, 1.82) is 0 Å². The minimum Gasteiger partial charge on any atom is -0.384 e. The number of rotatable bonds is 3. The SMILES string of the molecule is Cc1nc(N)cc(NCC2CN3CCCC3CO2)n1. The van der Waals surface area contributed by atoms with Gasteiger partial charge in [0.05, 0.1) is 12.7 Å². The van der Waals surface area contributed by atoms with Crippen molar-refractivity contribution >= 4 is 11.6 Å². The molecule has 0 bridgehead atoms. The Balaban J connectivity index is 1.54. The zero-order chi connectivity index (χ0) is 13.2. The first-order valence-electron chi connectivity index (χ1n) is 6.91. The number of fused-ring (bicyclic) bond motifs is 1. The Hall–Kier alpha value is -1.40. The average Bonchev–Trinajstić information content (AvgIpc) is 2.82. The van der Waals surface area contributed by atoms with E-state index in [1.165, 1.54) is 19.4 Å². The van der Waals surface area contributed by atoms with Crippen molar-refractivity contribution in [1.82, 2.24) is 14.9 Å². The van der Waals surface area contributed by atoms with Gasteiger partial charge in [0.15, 0.2) is 0 Å². The molecule has 0 aliphatic carbocycles. The summed E-state index contributed by atoms with van der Waals surface area (Å²) in [5.74, 6) is 1.96. The van der Waals surface area contributed by atoms with Gasteiger partial charge in [-0.2, -0.15) is 0 Å². The molecule has 2 aliphatic heterocycles. The fourth-order valence-corrected chi connectivity index (χ4v) is 2.91. The standard InChI is InChI=1S/C13H21N5O/c1-9-16-12(14)5-13(17-9)15-6-11-7-18-4-2-3-10(18)8-19-11/h5,10-11H,2-4,6-8H2,1H3,(H3,14,15,16,17). The molecule has 3 rings (SSSR count). The van der Waals surface area contributed by atoms with Crippen LogP contribution in [0.15, 0.2) is 6.07 Å². The van der Waals surface area contributed by atoms with Crippen molar-refractivity contribution in [3.63, 3.8) is 0 Å². The lowest BCUT2D eigenvalue weighted by Gasteiger charge is -2.35. The van der Waals surface area contributed by atoms with Crippen LogP contribution in [0.5, 0.6) is 0 Å². The number of nitrogens with zero attached hydrogens (tertiary/aromatic N) is 3. The predicted octanol–water partition coefficient (Wildman–Crippen LogP) is 0.642.